The molecule has 1 aliphatic rings. The van der Waals surface area contributed by atoms with Crippen molar-refractivity contribution in [2.75, 3.05) is 32.8 Å². The highest BCUT2D eigenvalue weighted by molar-refractivity contribution is 5.30. The largest absolute Gasteiger partial charge is 0.494 e. The van der Waals surface area contributed by atoms with Crippen molar-refractivity contribution in [1.29, 1.82) is 0 Å². The lowest BCUT2D eigenvalue weighted by molar-refractivity contribution is 0.165. The van der Waals surface area contributed by atoms with Crippen molar-refractivity contribution < 1.29 is 19.7 Å². The van der Waals surface area contributed by atoms with Crippen LogP contribution >= 0.6 is 0 Å². The van der Waals surface area contributed by atoms with Crippen molar-refractivity contribution in [3.05, 3.63) is 59.7 Å². The van der Waals surface area contributed by atoms with E-state index >= 15 is 0 Å². The molecule has 0 aromatic heterocycles. The molecule has 3 atom stereocenters. The summed E-state index contributed by atoms with van der Waals surface area (Å²) < 4.78 is 12.1. The summed E-state index contributed by atoms with van der Waals surface area (Å²) >= 11 is 0. The van der Waals surface area contributed by atoms with Crippen molar-refractivity contribution in [2.24, 2.45) is 17.6 Å². The number of benzene rings is 2. The van der Waals surface area contributed by atoms with Crippen LogP contribution in [0, 0.1) is 11.8 Å². The quantitative estimate of drug-likeness (QED) is 0.120. The van der Waals surface area contributed by atoms with Gasteiger partial charge in [0.05, 0.1) is 25.4 Å². The number of aliphatic hydroxyl groups is 2. The average molecular weight is 569 g/mol. The Morgan fingerprint density at radius 2 is 1.49 bits per heavy atom. The number of nitrogens with one attached hydrogen (secondary N) is 1. The van der Waals surface area contributed by atoms with E-state index in [1.807, 2.05) is 48.5 Å². The molecule has 2 aromatic carbocycles. The first kappa shape index (κ1) is 33.4. The van der Waals surface area contributed by atoms with Crippen molar-refractivity contribution in [3.63, 3.8) is 0 Å². The molecule has 6 nitrogen and oxygen atoms in total. The first-order chi connectivity index (χ1) is 20.1. The minimum Gasteiger partial charge on any atom is -0.494 e. The maximum Gasteiger partial charge on any atom is 0.119 e. The third-order valence-electron chi connectivity index (χ3n) is 8.44. The standard InChI is InChI=1S/C35H56N2O4/c1-2-10-28(20-24-40-32-16-8-14-30(25-32)34(38)18-21-36)11-6-7-22-37-23-19-35(39)31-15-9-17-33(26-31)41-27-29-12-4-3-5-13-29/h8-9,14-17,25-26,28-29,34-35,37-39H,2-7,10-13,18-24,27,36H2,1H3. The van der Waals surface area contributed by atoms with Crippen LogP contribution in [0.5, 0.6) is 11.5 Å². The van der Waals surface area contributed by atoms with E-state index in [9.17, 15) is 10.2 Å². The van der Waals surface area contributed by atoms with E-state index in [1.165, 1.54) is 57.8 Å². The van der Waals surface area contributed by atoms with Crippen molar-refractivity contribution >= 4 is 0 Å². The van der Waals surface area contributed by atoms with E-state index in [2.05, 4.69) is 12.2 Å². The zero-order valence-corrected chi connectivity index (χ0v) is 25.4. The highest BCUT2D eigenvalue weighted by Gasteiger charge is 2.15. The molecule has 230 valence electrons. The highest BCUT2D eigenvalue weighted by atomic mass is 16.5. The molecule has 0 saturated heterocycles. The number of aliphatic hydroxyl groups excluding tert-OH is 2. The fraction of sp³-hybridized carbons (Fsp3) is 0.657. The van der Waals surface area contributed by atoms with Crippen LogP contribution in [-0.2, 0) is 0 Å². The van der Waals surface area contributed by atoms with Gasteiger partial charge in [-0.15, -0.1) is 0 Å². The first-order valence-electron chi connectivity index (χ1n) is 16.3. The molecule has 3 rings (SSSR count). The van der Waals surface area contributed by atoms with Gasteiger partial charge in [0.15, 0.2) is 0 Å². The zero-order chi connectivity index (χ0) is 29.1. The minimum absolute atomic E-state index is 0.465. The summed E-state index contributed by atoms with van der Waals surface area (Å²) in [5.74, 6) is 3.04. The van der Waals surface area contributed by atoms with Gasteiger partial charge in [0, 0.05) is 0 Å². The molecule has 0 amide bonds. The predicted octanol–water partition coefficient (Wildman–Crippen LogP) is 7.10. The Bertz CT molecular complexity index is 949. The smallest absolute Gasteiger partial charge is 0.119 e. The summed E-state index contributed by atoms with van der Waals surface area (Å²) in [5.41, 5.74) is 7.38. The van der Waals surface area contributed by atoms with E-state index in [-0.39, 0.29) is 0 Å². The Hall–Kier alpha value is -2.12. The molecule has 41 heavy (non-hydrogen) atoms. The van der Waals surface area contributed by atoms with Crippen LogP contribution in [-0.4, -0.2) is 43.1 Å². The summed E-state index contributed by atoms with van der Waals surface area (Å²) in [6.07, 6.45) is 13.8. The second-order valence-electron chi connectivity index (χ2n) is 11.9. The lowest BCUT2D eigenvalue weighted by atomic mass is 9.90. The molecule has 1 aliphatic carbocycles. The van der Waals surface area contributed by atoms with Gasteiger partial charge in [-0.1, -0.05) is 76.1 Å². The van der Waals surface area contributed by atoms with Crippen molar-refractivity contribution in [3.8, 4) is 11.5 Å². The molecule has 1 saturated carbocycles. The molecule has 0 spiro atoms. The van der Waals surface area contributed by atoms with Crippen LogP contribution in [0.25, 0.3) is 0 Å². The van der Waals surface area contributed by atoms with Crippen LogP contribution in [0.3, 0.4) is 0 Å². The van der Waals surface area contributed by atoms with Gasteiger partial charge in [-0.3, -0.25) is 0 Å². The Balaban J connectivity index is 1.26. The summed E-state index contributed by atoms with van der Waals surface area (Å²) in [6, 6.07) is 15.7. The van der Waals surface area contributed by atoms with Gasteiger partial charge < -0.3 is 30.7 Å². The van der Waals surface area contributed by atoms with Gasteiger partial charge in [-0.05, 0) is 105 Å². The summed E-state index contributed by atoms with van der Waals surface area (Å²) in [6.45, 7) is 5.99. The first-order valence-corrected chi connectivity index (χ1v) is 16.3. The van der Waals surface area contributed by atoms with Crippen LogP contribution in [0.1, 0.15) is 114 Å². The molecule has 0 heterocycles. The molecule has 1 fully saturated rings. The van der Waals surface area contributed by atoms with E-state index in [0.717, 1.165) is 55.2 Å². The maximum atomic E-state index is 10.7. The zero-order valence-electron chi connectivity index (χ0n) is 25.4. The number of hydrogen-bond donors (Lipinski definition) is 4. The van der Waals surface area contributed by atoms with E-state index in [1.54, 1.807) is 0 Å². The number of unbranched alkanes of at least 4 members (excludes halogenated alkanes) is 1. The topological polar surface area (TPSA) is 97.0 Å². The monoisotopic (exact) mass is 568 g/mol. The van der Waals surface area contributed by atoms with Crippen molar-refractivity contribution in [1.82, 2.24) is 5.32 Å². The lowest BCUT2D eigenvalue weighted by Crippen LogP contribution is -2.19. The van der Waals surface area contributed by atoms with E-state index in [0.29, 0.717) is 37.8 Å². The van der Waals surface area contributed by atoms with Gasteiger partial charge in [-0.2, -0.15) is 0 Å². The molecular formula is C35H56N2O4. The average Bonchev–Trinajstić information content (AvgIpc) is 3.00. The fourth-order valence-electron chi connectivity index (χ4n) is 5.91. The normalized spacial score (nSPS) is 16.3. The van der Waals surface area contributed by atoms with Gasteiger partial charge >= 0.3 is 0 Å². The van der Waals surface area contributed by atoms with Crippen LogP contribution < -0.4 is 20.5 Å². The van der Waals surface area contributed by atoms with Crippen molar-refractivity contribution in [2.45, 2.75) is 103 Å². The summed E-state index contributed by atoms with van der Waals surface area (Å²) in [4.78, 5) is 0. The number of ether oxygens (including phenoxy) is 2. The summed E-state index contributed by atoms with van der Waals surface area (Å²) in [5, 5.41) is 24.4. The SMILES string of the molecule is CCCC(CCCCNCCC(O)c1cccc(OCC2CCCCC2)c1)CCOc1cccc(C(O)CCN)c1. The third kappa shape index (κ3) is 13.2. The van der Waals surface area contributed by atoms with Gasteiger partial charge in [0.25, 0.3) is 0 Å². The second kappa shape index (κ2) is 19.9. The second-order valence-corrected chi connectivity index (χ2v) is 11.9. The minimum atomic E-state index is -0.533. The molecule has 5 N–H and O–H groups in total. The number of hydrogen-bond acceptors (Lipinski definition) is 6. The lowest BCUT2D eigenvalue weighted by Gasteiger charge is -2.22. The highest BCUT2D eigenvalue weighted by Crippen LogP contribution is 2.27. The Labute approximate surface area is 249 Å². The molecule has 0 radical (unpaired) electrons. The fourth-order valence-corrected chi connectivity index (χ4v) is 5.91. The Kier molecular flexibility index (Phi) is 16.2. The Morgan fingerprint density at radius 1 is 0.805 bits per heavy atom. The van der Waals surface area contributed by atoms with Crippen LogP contribution in [0.4, 0.5) is 0 Å². The third-order valence-corrected chi connectivity index (χ3v) is 8.44. The van der Waals surface area contributed by atoms with Gasteiger partial charge in [0.2, 0.25) is 0 Å². The van der Waals surface area contributed by atoms with Crippen LogP contribution in [0.15, 0.2) is 48.5 Å². The summed E-state index contributed by atoms with van der Waals surface area (Å²) in [7, 11) is 0. The molecule has 0 aliphatic heterocycles. The number of rotatable bonds is 21. The Morgan fingerprint density at radius 3 is 2.17 bits per heavy atom. The molecule has 0 bridgehead atoms. The van der Waals surface area contributed by atoms with E-state index in [4.69, 9.17) is 15.2 Å². The van der Waals surface area contributed by atoms with Gasteiger partial charge in [0.1, 0.15) is 11.5 Å². The van der Waals surface area contributed by atoms with Crippen LogP contribution in [0.2, 0.25) is 0 Å². The molecular weight excluding hydrogens is 512 g/mol. The van der Waals surface area contributed by atoms with E-state index < -0.39 is 12.2 Å². The molecule has 6 heteroatoms. The number of nitrogens with two attached hydrogens (primary N) is 1. The molecule has 2 aromatic rings. The maximum absolute atomic E-state index is 10.7. The predicted molar refractivity (Wildman–Crippen MR) is 168 cm³/mol. The molecule has 3 unspecified atom stereocenters. The van der Waals surface area contributed by atoms with Gasteiger partial charge in [-0.25, -0.2) is 0 Å².